The normalized spacial score (nSPS) is 25.3. The van der Waals surface area contributed by atoms with Crippen molar-refractivity contribution < 1.29 is 0 Å². The summed E-state index contributed by atoms with van der Waals surface area (Å²) in [6.07, 6.45) is 7.99. The molecular formula is C17H24Br2N2. The summed E-state index contributed by atoms with van der Waals surface area (Å²) >= 11 is 7.32. The third kappa shape index (κ3) is 3.32. The number of rotatable bonds is 2. The molecule has 0 radical (unpaired) electrons. The largest absolute Gasteiger partial charge is 0.365 e. The molecule has 3 rings (SSSR count). The van der Waals surface area contributed by atoms with Gasteiger partial charge in [-0.05, 0) is 53.4 Å². The maximum absolute atomic E-state index is 3.90. The molecular weight excluding hydrogens is 392 g/mol. The highest BCUT2D eigenvalue weighted by Crippen LogP contribution is 2.37. The lowest BCUT2D eigenvalue weighted by atomic mass is 9.79. The SMILES string of the molecule is CCC1CNC2(CCCCC2)CN1c1ccc(Br)cc1Br. The Kier molecular flexibility index (Phi) is 4.97. The van der Waals surface area contributed by atoms with Crippen LogP contribution in [0, 0.1) is 0 Å². The van der Waals surface area contributed by atoms with Gasteiger partial charge in [-0.25, -0.2) is 0 Å². The maximum Gasteiger partial charge on any atom is 0.0515 e. The van der Waals surface area contributed by atoms with Crippen LogP contribution in [0.2, 0.25) is 0 Å². The molecule has 0 bridgehead atoms. The predicted octanol–water partition coefficient (Wildman–Crippen LogP) is 5.10. The number of hydrogen-bond donors (Lipinski definition) is 1. The van der Waals surface area contributed by atoms with Crippen molar-refractivity contribution >= 4 is 37.5 Å². The molecule has 21 heavy (non-hydrogen) atoms. The van der Waals surface area contributed by atoms with E-state index < -0.39 is 0 Å². The van der Waals surface area contributed by atoms with Gasteiger partial charge in [0.1, 0.15) is 0 Å². The average molecular weight is 416 g/mol. The first-order valence-corrected chi connectivity index (χ1v) is 9.69. The van der Waals surface area contributed by atoms with E-state index in [4.69, 9.17) is 0 Å². The van der Waals surface area contributed by atoms with Gasteiger partial charge in [-0.3, -0.25) is 0 Å². The molecule has 2 nitrogen and oxygen atoms in total. The Balaban J connectivity index is 1.88. The van der Waals surface area contributed by atoms with Gasteiger partial charge in [0.05, 0.1) is 5.69 Å². The summed E-state index contributed by atoms with van der Waals surface area (Å²) in [6.45, 7) is 4.55. The summed E-state index contributed by atoms with van der Waals surface area (Å²) in [6, 6.07) is 7.16. The van der Waals surface area contributed by atoms with E-state index in [-0.39, 0.29) is 0 Å². The summed E-state index contributed by atoms with van der Waals surface area (Å²) in [5.74, 6) is 0. The van der Waals surface area contributed by atoms with Crippen LogP contribution in [0.4, 0.5) is 5.69 Å². The average Bonchev–Trinajstić information content (AvgIpc) is 2.48. The van der Waals surface area contributed by atoms with E-state index in [2.05, 4.69) is 67.2 Å². The van der Waals surface area contributed by atoms with Crippen LogP contribution in [0.25, 0.3) is 0 Å². The lowest BCUT2D eigenvalue weighted by Crippen LogP contribution is -2.65. The third-order valence-electron chi connectivity index (χ3n) is 5.13. The van der Waals surface area contributed by atoms with Gasteiger partial charge >= 0.3 is 0 Å². The Morgan fingerprint density at radius 2 is 2.00 bits per heavy atom. The zero-order valence-corrected chi connectivity index (χ0v) is 15.8. The lowest BCUT2D eigenvalue weighted by molar-refractivity contribution is 0.195. The molecule has 1 aromatic carbocycles. The van der Waals surface area contributed by atoms with Crippen LogP contribution in [0.5, 0.6) is 0 Å². The second kappa shape index (κ2) is 6.59. The molecule has 2 aliphatic rings. The first-order valence-electron chi connectivity index (χ1n) is 8.10. The molecule has 2 fully saturated rings. The van der Waals surface area contributed by atoms with Crippen molar-refractivity contribution in [2.45, 2.75) is 57.0 Å². The highest BCUT2D eigenvalue weighted by atomic mass is 79.9. The fourth-order valence-corrected chi connectivity index (χ4v) is 5.15. The van der Waals surface area contributed by atoms with Crippen LogP contribution >= 0.6 is 31.9 Å². The van der Waals surface area contributed by atoms with Crippen molar-refractivity contribution in [3.05, 3.63) is 27.1 Å². The van der Waals surface area contributed by atoms with Gasteiger partial charge in [-0.15, -0.1) is 0 Å². The van der Waals surface area contributed by atoms with E-state index in [1.165, 1.54) is 48.7 Å². The van der Waals surface area contributed by atoms with Gasteiger partial charge in [0, 0.05) is 33.6 Å². The molecule has 116 valence electrons. The summed E-state index contributed by atoms with van der Waals surface area (Å²) in [7, 11) is 0. The molecule has 1 saturated heterocycles. The van der Waals surface area contributed by atoms with E-state index in [1.54, 1.807) is 0 Å². The number of halogens is 2. The molecule has 1 N–H and O–H groups in total. The minimum absolute atomic E-state index is 0.344. The summed E-state index contributed by atoms with van der Waals surface area (Å²) in [5, 5.41) is 3.90. The minimum atomic E-state index is 0.344. The quantitative estimate of drug-likeness (QED) is 0.722. The van der Waals surface area contributed by atoms with Crippen LogP contribution in [0.1, 0.15) is 45.4 Å². The Morgan fingerprint density at radius 3 is 2.67 bits per heavy atom. The van der Waals surface area contributed by atoms with Crippen LogP contribution in [0.15, 0.2) is 27.1 Å². The maximum atomic E-state index is 3.90. The topological polar surface area (TPSA) is 15.3 Å². The van der Waals surface area contributed by atoms with Gasteiger partial charge < -0.3 is 10.2 Å². The van der Waals surface area contributed by atoms with Gasteiger partial charge in [0.2, 0.25) is 0 Å². The highest BCUT2D eigenvalue weighted by Gasteiger charge is 2.39. The van der Waals surface area contributed by atoms with Crippen molar-refractivity contribution in [1.29, 1.82) is 0 Å². The molecule has 1 aliphatic carbocycles. The fourth-order valence-electron chi connectivity index (χ4n) is 3.88. The number of hydrogen-bond acceptors (Lipinski definition) is 2. The molecule has 0 aromatic heterocycles. The molecule has 1 heterocycles. The smallest absolute Gasteiger partial charge is 0.0515 e. The third-order valence-corrected chi connectivity index (χ3v) is 6.26. The van der Waals surface area contributed by atoms with Crippen LogP contribution in [-0.4, -0.2) is 24.7 Å². The Labute approximate surface area is 144 Å². The van der Waals surface area contributed by atoms with Crippen molar-refractivity contribution in [1.82, 2.24) is 5.32 Å². The number of nitrogens with one attached hydrogen (secondary N) is 1. The zero-order chi connectivity index (χ0) is 14.9. The van der Waals surface area contributed by atoms with E-state index in [0.29, 0.717) is 11.6 Å². The summed E-state index contributed by atoms with van der Waals surface area (Å²) in [5.41, 5.74) is 1.69. The molecule has 1 atom stereocenters. The Bertz CT molecular complexity index is 498. The lowest BCUT2D eigenvalue weighted by Gasteiger charge is -2.50. The summed E-state index contributed by atoms with van der Waals surface area (Å²) in [4.78, 5) is 2.64. The van der Waals surface area contributed by atoms with Gasteiger partial charge in [0.25, 0.3) is 0 Å². The number of anilines is 1. The molecule has 1 saturated carbocycles. The van der Waals surface area contributed by atoms with Crippen molar-refractivity contribution in [3.63, 3.8) is 0 Å². The van der Waals surface area contributed by atoms with E-state index in [1.807, 2.05) is 0 Å². The Morgan fingerprint density at radius 1 is 1.24 bits per heavy atom. The summed E-state index contributed by atoms with van der Waals surface area (Å²) < 4.78 is 2.33. The number of piperazine rings is 1. The van der Waals surface area contributed by atoms with E-state index in [0.717, 1.165) is 17.6 Å². The van der Waals surface area contributed by atoms with Crippen molar-refractivity contribution in [3.8, 4) is 0 Å². The van der Waals surface area contributed by atoms with Crippen LogP contribution in [0.3, 0.4) is 0 Å². The molecule has 0 amide bonds. The van der Waals surface area contributed by atoms with E-state index >= 15 is 0 Å². The number of nitrogens with zero attached hydrogens (tertiary/aromatic N) is 1. The highest BCUT2D eigenvalue weighted by molar-refractivity contribution is 9.11. The standard InChI is InChI=1S/C17H24Br2N2/c1-2-14-11-20-17(8-4-3-5-9-17)12-21(14)16-7-6-13(18)10-15(16)19/h6-7,10,14,20H,2-5,8-9,11-12H2,1H3. The minimum Gasteiger partial charge on any atom is -0.365 e. The monoisotopic (exact) mass is 414 g/mol. The van der Waals surface area contributed by atoms with Gasteiger partial charge in [-0.1, -0.05) is 42.1 Å². The molecule has 1 spiro atoms. The van der Waals surface area contributed by atoms with Crippen molar-refractivity contribution in [2.24, 2.45) is 0 Å². The van der Waals surface area contributed by atoms with Crippen molar-refractivity contribution in [2.75, 3.05) is 18.0 Å². The second-order valence-electron chi connectivity index (χ2n) is 6.51. The van der Waals surface area contributed by atoms with Crippen LogP contribution < -0.4 is 10.2 Å². The first-order chi connectivity index (χ1) is 10.1. The molecule has 1 unspecified atom stereocenters. The van der Waals surface area contributed by atoms with E-state index in [9.17, 15) is 0 Å². The zero-order valence-electron chi connectivity index (χ0n) is 12.7. The van der Waals surface area contributed by atoms with Gasteiger partial charge in [0.15, 0.2) is 0 Å². The number of benzene rings is 1. The second-order valence-corrected chi connectivity index (χ2v) is 8.28. The molecule has 1 aliphatic heterocycles. The van der Waals surface area contributed by atoms with Gasteiger partial charge in [-0.2, -0.15) is 0 Å². The molecule has 1 aromatic rings. The fraction of sp³-hybridized carbons (Fsp3) is 0.647. The molecule has 4 heteroatoms. The first kappa shape index (κ1) is 15.8. The van der Waals surface area contributed by atoms with Crippen LogP contribution in [-0.2, 0) is 0 Å². The predicted molar refractivity (Wildman–Crippen MR) is 97.1 cm³/mol. The Hall–Kier alpha value is -0.0600.